The number of halogens is 1. The molecule has 3 aromatic carbocycles. The topological polar surface area (TPSA) is 157 Å². The van der Waals surface area contributed by atoms with Crippen molar-refractivity contribution in [2.45, 2.75) is 6.42 Å². The van der Waals surface area contributed by atoms with Crippen molar-refractivity contribution < 1.29 is 14.1 Å². The van der Waals surface area contributed by atoms with Gasteiger partial charge in [0.25, 0.3) is 5.91 Å². The Kier molecular flexibility index (Phi) is 6.28. The number of amides is 2. The van der Waals surface area contributed by atoms with Gasteiger partial charge in [-0.25, -0.2) is 4.79 Å². The Morgan fingerprint density at radius 3 is 2.59 bits per heavy atom. The fourth-order valence-corrected chi connectivity index (χ4v) is 4.08. The van der Waals surface area contributed by atoms with Crippen LogP contribution in [-0.4, -0.2) is 26.9 Å². The summed E-state index contributed by atoms with van der Waals surface area (Å²) in [6, 6.07) is 20.6. The molecule has 0 bridgehead atoms. The van der Waals surface area contributed by atoms with Crippen LogP contribution in [0.2, 0.25) is 5.02 Å². The summed E-state index contributed by atoms with van der Waals surface area (Å²) in [5.41, 5.74) is 3.02. The van der Waals surface area contributed by atoms with Crippen LogP contribution in [-0.2, 0) is 11.2 Å². The maximum Gasteiger partial charge on any atom is 0.439 e. The first-order chi connectivity index (χ1) is 17.9. The van der Waals surface area contributed by atoms with Gasteiger partial charge < -0.3 is 15.6 Å². The van der Waals surface area contributed by atoms with Crippen LogP contribution >= 0.6 is 11.6 Å². The first kappa shape index (κ1) is 23.6. The number of aromatic nitrogens is 3. The lowest BCUT2D eigenvalue weighted by atomic mass is 10.1. The summed E-state index contributed by atoms with van der Waals surface area (Å²) in [7, 11) is 0. The summed E-state index contributed by atoms with van der Waals surface area (Å²) >= 11 is 6.01. The molecule has 0 fully saturated rings. The van der Waals surface area contributed by atoms with E-state index in [0.29, 0.717) is 38.4 Å². The second-order valence-electron chi connectivity index (χ2n) is 8.08. The molecule has 37 heavy (non-hydrogen) atoms. The summed E-state index contributed by atoms with van der Waals surface area (Å²) < 4.78 is 4.56. The fourth-order valence-electron chi connectivity index (χ4n) is 3.86. The van der Waals surface area contributed by atoms with E-state index in [1.165, 1.54) is 18.2 Å². The minimum atomic E-state index is -0.768. The number of hydrogen-bond donors (Lipinski definition) is 4. The number of fused-ring (bicyclic) bond motifs is 1. The van der Waals surface area contributed by atoms with Crippen LogP contribution in [0.4, 0.5) is 11.4 Å². The molecule has 2 aromatic heterocycles. The molecule has 11 heteroatoms. The Balaban J connectivity index is 1.39. The third-order valence-corrected chi connectivity index (χ3v) is 5.76. The molecule has 0 radical (unpaired) electrons. The number of hydrogen-bond acceptors (Lipinski definition) is 6. The molecule has 0 saturated carbocycles. The molecular weight excluding hydrogens is 496 g/mol. The lowest BCUT2D eigenvalue weighted by Gasteiger charge is -2.09. The first-order valence-electron chi connectivity index (χ1n) is 11.0. The Morgan fingerprint density at radius 2 is 1.84 bits per heavy atom. The molecule has 0 saturated heterocycles. The van der Waals surface area contributed by atoms with E-state index in [2.05, 4.69) is 30.3 Å². The molecule has 0 atom stereocenters. The molecule has 0 aliphatic carbocycles. The van der Waals surface area contributed by atoms with Crippen molar-refractivity contribution in [2.24, 2.45) is 0 Å². The summed E-state index contributed by atoms with van der Waals surface area (Å²) in [5.74, 6) is -1.42. The van der Waals surface area contributed by atoms with Crippen LogP contribution in [0.1, 0.15) is 21.6 Å². The molecule has 5 aromatic rings. The molecule has 5 rings (SSSR count). The van der Waals surface area contributed by atoms with E-state index >= 15 is 0 Å². The highest BCUT2D eigenvalue weighted by Gasteiger charge is 2.17. The summed E-state index contributed by atoms with van der Waals surface area (Å²) in [4.78, 5) is 42.6. The van der Waals surface area contributed by atoms with Crippen molar-refractivity contribution in [2.75, 3.05) is 10.6 Å². The average molecular weight is 513 g/mol. The molecule has 2 amide bonds. The van der Waals surface area contributed by atoms with Gasteiger partial charge in [0.1, 0.15) is 5.69 Å². The monoisotopic (exact) mass is 512 g/mol. The van der Waals surface area contributed by atoms with E-state index < -0.39 is 11.7 Å². The van der Waals surface area contributed by atoms with Gasteiger partial charge in [-0.1, -0.05) is 41.0 Å². The SMILES string of the molecule is N#Cc1ccc(NC(=O)c2cc3cccc(NC(=O)Cc4cccc(Cl)c4)c3[nH]2)c(-c2noc(=O)[nH]2)c1. The zero-order chi connectivity index (χ0) is 25.9. The minimum Gasteiger partial charge on any atom is -0.349 e. The van der Waals surface area contributed by atoms with Gasteiger partial charge in [0, 0.05) is 16.0 Å². The third-order valence-electron chi connectivity index (χ3n) is 5.52. The Labute approximate surface area is 213 Å². The smallest absolute Gasteiger partial charge is 0.349 e. The van der Waals surface area contributed by atoms with E-state index in [-0.39, 0.29) is 23.8 Å². The fraction of sp³-hybridized carbons (Fsp3) is 0.0385. The van der Waals surface area contributed by atoms with Gasteiger partial charge in [0.15, 0.2) is 5.82 Å². The zero-order valence-corrected chi connectivity index (χ0v) is 19.7. The van der Waals surface area contributed by atoms with Crippen LogP contribution in [0.15, 0.2) is 76.0 Å². The van der Waals surface area contributed by atoms with E-state index in [1.807, 2.05) is 18.2 Å². The van der Waals surface area contributed by atoms with E-state index in [0.717, 1.165) is 5.56 Å². The number of anilines is 2. The maximum atomic E-state index is 13.1. The van der Waals surface area contributed by atoms with Gasteiger partial charge in [-0.2, -0.15) is 5.26 Å². The molecule has 4 N–H and O–H groups in total. The van der Waals surface area contributed by atoms with Crippen molar-refractivity contribution in [3.8, 4) is 17.5 Å². The molecule has 0 aliphatic rings. The number of carbonyl (C=O) groups excluding carboxylic acids is 2. The van der Waals surface area contributed by atoms with Crippen molar-refractivity contribution in [3.63, 3.8) is 0 Å². The third kappa shape index (κ3) is 5.12. The number of nitrogens with zero attached hydrogens (tertiary/aromatic N) is 2. The van der Waals surface area contributed by atoms with E-state index in [9.17, 15) is 19.6 Å². The number of para-hydroxylation sites is 1. The van der Waals surface area contributed by atoms with E-state index in [4.69, 9.17) is 11.6 Å². The number of aromatic amines is 2. The second kappa shape index (κ2) is 9.85. The van der Waals surface area contributed by atoms with Gasteiger partial charge in [-0.05, 0) is 48.0 Å². The van der Waals surface area contributed by atoms with Crippen LogP contribution in [0.3, 0.4) is 0 Å². The number of nitrogens with one attached hydrogen (secondary N) is 4. The quantitative estimate of drug-likeness (QED) is 0.263. The highest BCUT2D eigenvalue weighted by molar-refractivity contribution is 6.30. The lowest BCUT2D eigenvalue weighted by Crippen LogP contribution is -2.15. The second-order valence-corrected chi connectivity index (χ2v) is 8.51. The first-order valence-corrected chi connectivity index (χ1v) is 11.4. The van der Waals surface area contributed by atoms with Gasteiger partial charge in [-0.15, -0.1) is 0 Å². The highest BCUT2D eigenvalue weighted by atomic mass is 35.5. The molecule has 0 unspecified atom stereocenters. The number of H-pyrrole nitrogens is 2. The molecule has 10 nitrogen and oxygen atoms in total. The number of benzene rings is 3. The zero-order valence-electron chi connectivity index (χ0n) is 19.0. The molecule has 2 heterocycles. The van der Waals surface area contributed by atoms with Gasteiger partial charge >= 0.3 is 5.76 Å². The number of carbonyl (C=O) groups is 2. The molecular formula is C26H17ClN6O4. The van der Waals surface area contributed by atoms with Crippen molar-refractivity contribution in [1.29, 1.82) is 5.26 Å². The molecule has 0 spiro atoms. The van der Waals surface area contributed by atoms with Crippen molar-refractivity contribution in [1.82, 2.24) is 15.1 Å². The predicted octanol–water partition coefficient (Wildman–Crippen LogP) is 4.47. The van der Waals surface area contributed by atoms with Crippen LogP contribution in [0.5, 0.6) is 0 Å². The van der Waals surface area contributed by atoms with Crippen LogP contribution < -0.4 is 16.4 Å². The van der Waals surface area contributed by atoms with Crippen molar-refractivity contribution >= 4 is 45.7 Å². The Hall–Kier alpha value is -5.14. The summed E-state index contributed by atoms with van der Waals surface area (Å²) in [6.45, 7) is 0. The predicted molar refractivity (Wildman–Crippen MR) is 137 cm³/mol. The lowest BCUT2D eigenvalue weighted by molar-refractivity contribution is -0.115. The number of nitriles is 1. The van der Waals surface area contributed by atoms with Gasteiger partial charge in [-0.3, -0.25) is 19.1 Å². The van der Waals surface area contributed by atoms with Crippen LogP contribution in [0.25, 0.3) is 22.3 Å². The van der Waals surface area contributed by atoms with E-state index in [1.54, 1.807) is 36.4 Å². The summed E-state index contributed by atoms with van der Waals surface area (Å²) in [5, 5.41) is 19.8. The van der Waals surface area contributed by atoms with Gasteiger partial charge in [0.05, 0.1) is 34.9 Å². The molecule has 0 aliphatic heterocycles. The summed E-state index contributed by atoms with van der Waals surface area (Å²) in [6.07, 6.45) is 0.136. The van der Waals surface area contributed by atoms with Crippen molar-refractivity contribution in [3.05, 3.63) is 99.1 Å². The average Bonchev–Trinajstić information content (AvgIpc) is 3.51. The normalized spacial score (nSPS) is 10.7. The van der Waals surface area contributed by atoms with Crippen LogP contribution in [0, 0.1) is 11.3 Å². The van der Waals surface area contributed by atoms with Gasteiger partial charge in [0.2, 0.25) is 5.91 Å². The maximum absolute atomic E-state index is 13.1. The number of rotatable bonds is 6. The Bertz CT molecular complexity index is 1760. The molecule has 182 valence electrons. The largest absolute Gasteiger partial charge is 0.439 e. The Morgan fingerprint density at radius 1 is 1.00 bits per heavy atom. The standard InChI is InChI=1S/C26H17ClN6O4/c27-17-5-1-3-14(9-17)11-22(34)29-20-6-2-4-16-12-21(30-23(16)20)25(35)31-19-8-7-15(13-28)10-18(19)24-32-26(36)37-33-24/h1-10,12,30H,11H2,(H,29,34)(H,31,35)(H,32,33,36). The highest BCUT2D eigenvalue weighted by Crippen LogP contribution is 2.28. The minimum absolute atomic E-state index is 0.0683.